The summed E-state index contributed by atoms with van der Waals surface area (Å²) in [6.45, 7) is 6.58. The molecule has 9 nitrogen and oxygen atoms in total. The summed E-state index contributed by atoms with van der Waals surface area (Å²) in [6.07, 6.45) is 2.64. The molecule has 1 saturated carbocycles. The molecule has 0 aromatic heterocycles. The molecule has 3 fully saturated rings. The van der Waals surface area contributed by atoms with Gasteiger partial charge in [0.1, 0.15) is 0 Å². The van der Waals surface area contributed by atoms with Gasteiger partial charge in [0, 0.05) is 44.4 Å². The second kappa shape index (κ2) is 6.08. The fourth-order valence-corrected chi connectivity index (χ4v) is 7.56. The van der Waals surface area contributed by atoms with Crippen LogP contribution >= 0.6 is 0 Å². The van der Waals surface area contributed by atoms with E-state index in [0.717, 1.165) is 34.7 Å². The molecule has 3 aliphatic heterocycles. The lowest BCUT2D eigenvalue weighted by Gasteiger charge is -2.54. The summed E-state index contributed by atoms with van der Waals surface area (Å²) in [4.78, 5) is 55.5. The number of carbonyl (C=O) groups excluding carboxylic acids is 3. The van der Waals surface area contributed by atoms with Crippen LogP contribution in [-0.4, -0.2) is 58.7 Å². The molecule has 1 aliphatic carbocycles. The summed E-state index contributed by atoms with van der Waals surface area (Å²) in [5.41, 5.74) is -0.392. The molecule has 0 N–H and O–H groups in total. The van der Waals surface area contributed by atoms with Crippen molar-refractivity contribution in [3.8, 4) is 0 Å². The molecular formula is C23H28N4O5. The zero-order chi connectivity index (χ0) is 23.4. The number of rotatable bonds is 1. The number of benzene rings is 1. The number of imide groups is 2. The van der Waals surface area contributed by atoms with Crippen LogP contribution in [0.5, 0.6) is 0 Å². The van der Waals surface area contributed by atoms with Crippen molar-refractivity contribution in [2.75, 3.05) is 19.0 Å². The quantitative estimate of drug-likeness (QED) is 0.378. The number of nitro benzene ring substituents is 1. The first-order valence-electron chi connectivity index (χ1n) is 11.0. The SMILES string of the molecule is CN1C(=O)N(C)C(=O)C2(Cc3cc([N+](=O)[O-])ccc3N3[C@@H]4CC(C)(C)C[C@@](C)(C4)[C@H]32)C1=O. The van der Waals surface area contributed by atoms with Crippen LogP contribution in [0.15, 0.2) is 18.2 Å². The van der Waals surface area contributed by atoms with Crippen molar-refractivity contribution in [3.63, 3.8) is 0 Å². The molecule has 2 bridgehead atoms. The van der Waals surface area contributed by atoms with Crippen LogP contribution in [0.3, 0.4) is 0 Å². The van der Waals surface area contributed by atoms with E-state index in [9.17, 15) is 24.5 Å². The van der Waals surface area contributed by atoms with Gasteiger partial charge < -0.3 is 4.90 Å². The van der Waals surface area contributed by atoms with Gasteiger partial charge in [0.05, 0.1) is 11.0 Å². The third kappa shape index (κ3) is 2.42. The van der Waals surface area contributed by atoms with E-state index in [-0.39, 0.29) is 29.0 Å². The number of carbonyl (C=O) groups is 3. The van der Waals surface area contributed by atoms with Gasteiger partial charge in [-0.2, -0.15) is 0 Å². The topological polar surface area (TPSA) is 104 Å². The third-order valence-corrected chi connectivity index (χ3v) is 8.14. The van der Waals surface area contributed by atoms with E-state index in [4.69, 9.17) is 0 Å². The molecule has 0 unspecified atom stereocenters. The first-order valence-corrected chi connectivity index (χ1v) is 11.0. The standard InChI is InChI=1S/C23H28N4O5/c1-21(2)10-15-11-22(3,12-21)17-23(18(28)24(4)20(30)25(5)19(23)29)9-13-8-14(27(31)32)6-7-16(13)26(15)17/h6-8,15,17H,9-12H2,1-5H3/t15-,17+,22-/m1/s1. The van der Waals surface area contributed by atoms with Gasteiger partial charge in [0.15, 0.2) is 5.41 Å². The van der Waals surface area contributed by atoms with Gasteiger partial charge in [-0.25, -0.2) is 4.79 Å². The Bertz CT molecular complexity index is 1070. The summed E-state index contributed by atoms with van der Waals surface area (Å²) in [5, 5.41) is 11.5. The molecule has 4 amide bonds. The van der Waals surface area contributed by atoms with E-state index in [1.54, 1.807) is 6.07 Å². The van der Waals surface area contributed by atoms with Crippen molar-refractivity contribution in [2.24, 2.45) is 16.2 Å². The normalized spacial score (nSPS) is 32.3. The number of hydrogen-bond donors (Lipinski definition) is 0. The Morgan fingerprint density at radius 3 is 2.25 bits per heavy atom. The van der Waals surface area contributed by atoms with Crippen molar-refractivity contribution in [1.29, 1.82) is 0 Å². The largest absolute Gasteiger partial charge is 0.363 e. The average molecular weight is 441 g/mol. The second-order valence-electron chi connectivity index (χ2n) is 11.1. The molecule has 32 heavy (non-hydrogen) atoms. The number of urea groups is 1. The van der Waals surface area contributed by atoms with Crippen molar-refractivity contribution < 1.29 is 19.3 Å². The number of fused-ring (bicyclic) bond motifs is 8. The Labute approximate surface area is 186 Å². The smallest absolute Gasteiger partial charge is 0.332 e. The van der Waals surface area contributed by atoms with Crippen LogP contribution < -0.4 is 4.90 Å². The first-order chi connectivity index (χ1) is 14.8. The lowest BCUT2D eigenvalue weighted by Crippen LogP contribution is -2.72. The summed E-state index contributed by atoms with van der Waals surface area (Å²) in [5.74, 6) is -1.02. The van der Waals surface area contributed by atoms with Crippen molar-refractivity contribution in [1.82, 2.24) is 9.80 Å². The summed E-state index contributed by atoms with van der Waals surface area (Å²) in [6, 6.07) is 3.79. The average Bonchev–Trinajstić information content (AvgIpc) is 2.94. The highest BCUT2D eigenvalue weighted by atomic mass is 16.6. The number of nitrogens with zero attached hydrogens (tertiary/aromatic N) is 4. The maximum Gasteiger partial charge on any atom is 0.332 e. The highest BCUT2D eigenvalue weighted by molar-refractivity contribution is 6.20. The zero-order valence-electron chi connectivity index (χ0n) is 19.0. The first kappa shape index (κ1) is 20.9. The van der Waals surface area contributed by atoms with Crippen LogP contribution in [0, 0.1) is 26.4 Å². The number of non-ortho nitro benzene ring substituents is 1. The Balaban J connectivity index is 1.79. The molecular weight excluding hydrogens is 412 g/mol. The predicted octanol–water partition coefficient (Wildman–Crippen LogP) is 2.96. The van der Waals surface area contributed by atoms with Crippen molar-refractivity contribution >= 4 is 29.2 Å². The van der Waals surface area contributed by atoms with Gasteiger partial charge in [-0.15, -0.1) is 0 Å². The fourth-order valence-electron chi connectivity index (χ4n) is 7.56. The molecule has 1 aromatic rings. The molecule has 1 spiro atoms. The Morgan fingerprint density at radius 1 is 1.03 bits per heavy atom. The summed E-state index contributed by atoms with van der Waals surface area (Å²) >= 11 is 0. The molecule has 170 valence electrons. The van der Waals surface area contributed by atoms with Crippen LogP contribution in [-0.2, 0) is 16.0 Å². The predicted molar refractivity (Wildman–Crippen MR) is 116 cm³/mol. The van der Waals surface area contributed by atoms with Gasteiger partial charge in [-0.1, -0.05) is 20.8 Å². The number of amides is 4. The van der Waals surface area contributed by atoms with Gasteiger partial charge in [0.2, 0.25) is 11.8 Å². The Kier molecular flexibility index (Phi) is 3.97. The highest BCUT2D eigenvalue weighted by Gasteiger charge is 2.71. The van der Waals surface area contributed by atoms with Crippen LogP contribution in [0.25, 0.3) is 0 Å². The van der Waals surface area contributed by atoms with Crippen LogP contribution in [0.2, 0.25) is 0 Å². The molecule has 5 rings (SSSR count). The number of nitro groups is 1. The van der Waals surface area contributed by atoms with Crippen molar-refractivity contribution in [2.45, 2.75) is 58.5 Å². The monoisotopic (exact) mass is 440 g/mol. The Hall–Kier alpha value is -2.97. The summed E-state index contributed by atoms with van der Waals surface area (Å²) in [7, 11) is 2.83. The molecule has 0 radical (unpaired) electrons. The lowest BCUT2D eigenvalue weighted by atomic mass is 9.56. The number of anilines is 1. The molecule has 4 aliphatic rings. The lowest BCUT2D eigenvalue weighted by molar-refractivity contribution is -0.384. The van der Waals surface area contributed by atoms with E-state index in [1.807, 2.05) is 0 Å². The van der Waals surface area contributed by atoms with Crippen LogP contribution in [0.4, 0.5) is 16.2 Å². The zero-order valence-corrected chi connectivity index (χ0v) is 19.0. The fraction of sp³-hybridized carbons (Fsp3) is 0.609. The molecule has 1 aromatic carbocycles. The van der Waals surface area contributed by atoms with Crippen molar-refractivity contribution in [3.05, 3.63) is 33.9 Å². The van der Waals surface area contributed by atoms with Crippen LogP contribution in [0.1, 0.15) is 45.6 Å². The Morgan fingerprint density at radius 2 is 1.66 bits per heavy atom. The second-order valence-corrected chi connectivity index (χ2v) is 11.1. The minimum atomic E-state index is -1.50. The van der Waals surface area contributed by atoms with Gasteiger partial charge in [-0.3, -0.25) is 29.5 Å². The maximum atomic E-state index is 13.8. The molecule has 3 atom stereocenters. The van der Waals surface area contributed by atoms with Gasteiger partial charge in [0.25, 0.3) is 5.69 Å². The van der Waals surface area contributed by atoms with E-state index in [1.165, 1.54) is 26.2 Å². The highest BCUT2D eigenvalue weighted by Crippen LogP contribution is 2.64. The van der Waals surface area contributed by atoms with E-state index in [0.29, 0.717) is 5.56 Å². The number of barbiturate groups is 1. The van der Waals surface area contributed by atoms with Gasteiger partial charge in [-0.05, 0) is 41.7 Å². The molecule has 9 heteroatoms. The molecule has 2 saturated heterocycles. The van der Waals surface area contributed by atoms with E-state index >= 15 is 0 Å². The summed E-state index contributed by atoms with van der Waals surface area (Å²) < 4.78 is 0. The number of hydrogen-bond acceptors (Lipinski definition) is 6. The maximum absolute atomic E-state index is 13.8. The minimum absolute atomic E-state index is 0.0194. The van der Waals surface area contributed by atoms with Gasteiger partial charge >= 0.3 is 6.03 Å². The van der Waals surface area contributed by atoms with E-state index in [2.05, 4.69) is 25.7 Å². The molecule has 3 heterocycles. The minimum Gasteiger partial charge on any atom is -0.363 e. The third-order valence-electron chi connectivity index (χ3n) is 8.14. The van der Waals surface area contributed by atoms with E-state index < -0.39 is 34.2 Å².